The maximum Gasteiger partial charge on any atom is 0.230 e. The minimum absolute atomic E-state index is 0.0689. The van der Waals surface area contributed by atoms with E-state index in [1.807, 2.05) is 44.3 Å². The molecule has 25 heavy (non-hydrogen) atoms. The molecule has 1 aromatic heterocycles. The number of nitrogens with one attached hydrogen (secondary N) is 1. The van der Waals surface area contributed by atoms with Crippen molar-refractivity contribution in [1.82, 2.24) is 14.7 Å². The lowest BCUT2D eigenvalue weighted by atomic mass is 9.83. The Morgan fingerprint density at radius 2 is 2.04 bits per heavy atom. The van der Waals surface area contributed by atoms with Crippen LogP contribution in [0, 0.1) is 12.8 Å². The summed E-state index contributed by atoms with van der Waals surface area (Å²) in [6, 6.07) is 7.79. The molecule has 1 aliphatic heterocycles. The molecule has 1 N–H and O–H groups in total. The summed E-state index contributed by atoms with van der Waals surface area (Å²) < 4.78 is 1.77. The Bertz CT molecular complexity index is 766. The van der Waals surface area contributed by atoms with E-state index in [2.05, 4.69) is 10.4 Å². The van der Waals surface area contributed by atoms with Gasteiger partial charge in [-0.05, 0) is 25.8 Å². The third-order valence-electron chi connectivity index (χ3n) is 4.84. The predicted molar refractivity (Wildman–Crippen MR) is 95.9 cm³/mol. The van der Waals surface area contributed by atoms with Crippen LogP contribution in [-0.2, 0) is 16.1 Å². The van der Waals surface area contributed by atoms with Gasteiger partial charge in [0.15, 0.2) is 0 Å². The number of carbonyl (C=O) groups excluding carboxylic acids is 2. The van der Waals surface area contributed by atoms with Crippen molar-refractivity contribution in [3.63, 3.8) is 0 Å². The minimum Gasteiger partial charge on any atom is -0.338 e. The van der Waals surface area contributed by atoms with E-state index < -0.39 is 0 Å². The van der Waals surface area contributed by atoms with E-state index in [0.29, 0.717) is 18.5 Å². The van der Waals surface area contributed by atoms with Gasteiger partial charge < -0.3 is 10.2 Å². The van der Waals surface area contributed by atoms with E-state index >= 15 is 0 Å². The van der Waals surface area contributed by atoms with E-state index in [1.165, 1.54) is 0 Å². The fraction of sp³-hybridized carbons (Fsp3) is 0.421. The van der Waals surface area contributed by atoms with Gasteiger partial charge >= 0.3 is 0 Å². The summed E-state index contributed by atoms with van der Waals surface area (Å²) in [7, 11) is 1.78. The predicted octanol–water partition coefficient (Wildman–Crippen LogP) is 2.76. The van der Waals surface area contributed by atoms with Gasteiger partial charge in [-0.25, -0.2) is 0 Å². The SMILES string of the molecule is CCn1cc(NC(=O)C2CCC(=O)N(C)C2c2ccc(C)cc2)cn1. The number of benzene rings is 1. The zero-order chi connectivity index (χ0) is 18.0. The van der Waals surface area contributed by atoms with Crippen LogP contribution in [-0.4, -0.2) is 33.5 Å². The molecule has 6 heteroatoms. The summed E-state index contributed by atoms with van der Waals surface area (Å²) in [5.74, 6) is -0.274. The van der Waals surface area contributed by atoms with E-state index in [0.717, 1.165) is 17.7 Å². The number of piperidine rings is 1. The fourth-order valence-corrected chi connectivity index (χ4v) is 3.37. The summed E-state index contributed by atoms with van der Waals surface area (Å²) in [5, 5.41) is 7.14. The molecule has 1 fully saturated rings. The maximum atomic E-state index is 12.9. The van der Waals surface area contributed by atoms with Gasteiger partial charge in [0.25, 0.3) is 0 Å². The van der Waals surface area contributed by atoms with Crippen LogP contribution in [0.4, 0.5) is 5.69 Å². The highest BCUT2D eigenvalue weighted by molar-refractivity contribution is 5.94. The van der Waals surface area contributed by atoms with Crippen molar-refractivity contribution in [1.29, 1.82) is 0 Å². The molecular weight excluding hydrogens is 316 g/mol. The van der Waals surface area contributed by atoms with Crippen LogP contribution in [0.1, 0.15) is 36.9 Å². The van der Waals surface area contributed by atoms with Crippen LogP contribution >= 0.6 is 0 Å². The van der Waals surface area contributed by atoms with Crippen LogP contribution in [0.25, 0.3) is 0 Å². The lowest BCUT2D eigenvalue weighted by Crippen LogP contribution is -2.44. The number of rotatable bonds is 4. The average Bonchev–Trinajstić information content (AvgIpc) is 3.05. The van der Waals surface area contributed by atoms with Crippen LogP contribution in [0.2, 0.25) is 0 Å². The zero-order valence-corrected chi connectivity index (χ0v) is 14.9. The molecule has 132 valence electrons. The van der Waals surface area contributed by atoms with Gasteiger partial charge in [-0.3, -0.25) is 14.3 Å². The second-order valence-electron chi connectivity index (χ2n) is 6.58. The summed E-state index contributed by atoms with van der Waals surface area (Å²) in [5.41, 5.74) is 2.83. The molecule has 2 heterocycles. The van der Waals surface area contributed by atoms with E-state index in [4.69, 9.17) is 0 Å². The summed E-state index contributed by atoms with van der Waals surface area (Å²) >= 11 is 0. The van der Waals surface area contributed by atoms with E-state index in [-0.39, 0.29) is 23.8 Å². The van der Waals surface area contributed by atoms with Gasteiger partial charge in [0, 0.05) is 26.2 Å². The quantitative estimate of drug-likeness (QED) is 0.930. The van der Waals surface area contributed by atoms with Gasteiger partial charge in [0.05, 0.1) is 23.8 Å². The van der Waals surface area contributed by atoms with Crippen molar-refractivity contribution >= 4 is 17.5 Å². The van der Waals surface area contributed by atoms with E-state index in [9.17, 15) is 9.59 Å². The highest BCUT2D eigenvalue weighted by atomic mass is 16.2. The van der Waals surface area contributed by atoms with Crippen LogP contribution in [0.3, 0.4) is 0 Å². The number of amides is 2. The van der Waals surface area contributed by atoms with Crippen LogP contribution in [0.5, 0.6) is 0 Å². The number of hydrogen-bond acceptors (Lipinski definition) is 3. The van der Waals surface area contributed by atoms with Gasteiger partial charge in [-0.1, -0.05) is 29.8 Å². The molecule has 2 aromatic rings. The lowest BCUT2D eigenvalue weighted by molar-refractivity contribution is -0.140. The first-order chi connectivity index (χ1) is 12.0. The first-order valence-corrected chi connectivity index (χ1v) is 8.65. The summed E-state index contributed by atoms with van der Waals surface area (Å²) in [6.07, 6.45) is 4.41. The molecule has 6 nitrogen and oxygen atoms in total. The van der Waals surface area contributed by atoms with Gasteiger partial charge in [-0.15, -0.1) is 0 Å². The largest absolute Gasteiger partial charge is 0.338 e. The average molecular weight is 340 g/mol. The first-order valence-electron chi connectivity index (χ1n) is 8.65. The minimum atomic E-state index is -0.282. The monoisotopic (exact) mass is 340 g/mol. The highest BCUT2D eigenvalue weighted by Gasteiger charge is 2.38. The van der Waals surface area contributed by atoms with Crippen molar-refractivity contribution in [3.05, 3.63) is 47.8 Å². The van der Waals surface area contributed by atoms with Crippen molar-refractivity contribution < 1.29 is 9.59 Å². The molecule has 1 aliphatic rings. The number of nitrogens with zero attached hydrogens (tertiary/aromatic N) is 3. The van der Waals surface area contributed by atoms with Crippen molar-refractivity contribution in [2.75, 3.05) is 12.4 Å². The Kier molecular flexibility index (Phi) is 4.88. The molecule has 2 atom stereocenters. The molecule has 0 aliphatic carbocycles. The Hall–Kier alpha value is -2.63. The zero-order valence-electron chi connectivity index (χ0n) is 14.9. The van der Waals surface area contributed by atoms with Crippen molar-refractivity contribution in [2.24, 2.45) is 5.92 Å². The van der Waals surface area contributed by atoms with Crippen LogP contribution in [0.15, 0.2) is 36.7 Å². The standard InChI is InChI=1S/C19H24N4O2/c1-4-23-12-15(11-20-23)21-19(25)16-9-10-17(24)22(3)18(16)14-7-5-13(2)6-8-14/h5-8,11-12,16,18H,4,9-10H2,1-3H3,(H,21,25). The molecule has 2 amide bonds. The van der Waals surface area contributed by atoms with Gasteiger partial charge in [-0.2, -0.15) is 5.10 Å². The first kappa shape index (κ1) is 17.2. The smallest absolute Gasteiger partial charge is 0.230 e. The van der Waals surface area contributed by atoms with Crippen molar-refractivity contribution in [3.8, 4) is 0 Å². The fourth-order valence-electron chi connectivity index (χ4n) is 3.37. The van der Waals surface area contributed by atoms with Gasteiger partial charge in [0.2, 0.25) is 11.8 Å². The Morgan fingerprint density at radius 3 is 2.68 bits per heavy atom. The molecule has 0 radical (unpaired) electrons. The molecular formula is C19H24N4O2. The van der Waals surface area contributed by atoms with E-state index in [1.54, 1.807) is 22.8 Å². The third kappa shape index (κ3) is 3.57. The third-order valence-corrected chi connectivity index (χ3v) is 4.84. The Balaban J connectivity index is 1.84. The molecule has 1 saturated heterocycles. The number of likely N-dealkylation sites (tertiary alicyclic amines) is 1. The molecule has 0 bridgehead atoms. The second kappa shape index (κ2) is 7.09. The van der Waals surface area contributed by atoms with Gasteiger partial charge in [0.1, 0.15) is 0 Å². The Labute approximate surface area is 147 Å². The van der Waals surface area contributed by atoms with Crippen LogP contribution < -0.4 is 5.32 Å². The highest BCUT2D eigenvalue weighted by Crippen LogP contribution is 2.36. The Morgan fingerprint density at radius 1 is 1.32 bits per heavy atom. The molecule has 1 aromatic carbocycles. The molecule has 0 spiro atoms. The normalized spacial score (nSPS) is 20.6. The molecule has 3 rings (SSSR count). The second-order valence-corrected chi connectivity index (χ2v) is 6.58. The summed E-state index contributed by atoms with van der Waals surface area (Å²) in [4.78, 5) is 26.8. The lowest BCUT2D eigenvalue weighted by Gasteiger charge is -2.38. The molecule has 2 unspecified atom stereocenters. The van der Waals surface area contributed by atoms with Crippen molar-refractivity contribution in [2.45, 2.75) is 39.3 Å². The maximum absolute atomic E-state index is 12.9. The number of carbonyl (C=O) groups is 2. The topological polar surface area (TPSA) is 67.2 Å². The number of aromatic nitrogens is 2. The summed E-state index contributed by atoms with van der Waals surface area (Å²) in [6.45, 7) is 4.77. The molecule has 0 saturated carbocycles. The number of hydrogen-bond donors (Lipinski definition) is 1. The number of anilines is 1. The number of aryl methyl sites for hydroxylation is 2.